The van der Waals surface area contributed by atoms with Crippen molar-refractivity contribution in [3.8, 4) is 5.75 Å². The summed E-state index contributed by atoms with van der Waals surface area (Å²) in [6.45, 7) is 0.267. The van der Waals surface area contributed by atoms with Crippen molar-refractivity contribution in [3.05, 3.63) is 57.0 Å². The Morgan fingerprint density at radius 2 is 2.14 bits per heavy atom. The summed E-state index contributed by atoms with van der Waals surface area (Å²) in [4.78, 5) is 12.2. The molecule has 4 nitrogen and oxygen atoms in total. The molecule has 0 heterocycles. The van der Waals surface area contributed by atoms with Crippen molar-refractivity contribution in [1.29, 1.82) is 0 Å². The number of methoxy groups -OCH3 is 1. The number of carbonyl (C=O) groups is 1. The molecular formula is C15H14BrClN2O2. The molecule has 0 spiro atoms. The molecule has 0 aliphatic heterocycles. The highest BCUT2D eigenvalue weighted by Gasteiger charge is 2.13. The number of halogens is 2. The van der Waals surface area contributed by atoms with Crippen molar-refractivity contribution in [2.45, 2.75) is 6.54 Å². The van der Waals surface area contributed by atoms with Gasteiger partial charge in [-0.3, -0.25) is 4.79 Å². The van der Waals surface area contributed by atoms with E-state index in [2.05, 4.69) is 21.2 Å². The van der Waals surface area contributed by atoms with Gasteiger partial charge in [0.25, 0.3) is 5.91 Å². The van der Waals surface area contributed by atoms with E-state index in [4.69, 9.17) is 22.1 Å². The van der Waals surface area contributed by atoms with Gasteiger partial charge in [-0.25, -0.2) is 0 Å². The molecule has 0 aliphatic rings. The third-order valence-corrected chi connectivity index (χ3v) is 4.00. The number of carbonyl (C=O) groups excluding carboxylic acids is 1. The fourth-order valence-electron chi connectivity index (χ4n) is 1.88. The predicted molar refractivity (Wildman–Crippen MR) is 87.7 cm³/mol. The van der Waals surface area contributed by atoms with E-state index < -0.39 is 0 Å². The fraction of sp³-hybridized carbons (Fsp3) is 0.133. The van der Waals surface area contributed by atoms with Crippen LogP contribution in [0.3, 0.4) is 0 Å². The average molecular weight is 370 g/mol. The zero-order valence-electron chi connectivity index (χ0n) is 11.3. The molecule has 0 atom stereocenters. The summed E-state index contributed by atoms with van der Waals surface area (Å²) >= 11 is 9.47. The molecule has 110 valence electrons. The van der Waals surface area contributed by atoms with Crippen LogP contribution in [0.1, 0.15) is 15.9 Å². The molecule has 0 unspecified atom stereocenters. The first-order valence-electron chi connectivity index (χ1n) is 6.17. The third-order valence-electron chi connectivity index (χ3n) is 2.96. The van der Waals surface area contributed by atoms with Gasteiger partial charge in [-0.1, -0.05) is 17.7 Å². The van der Waals surface area contributed by atoms with Crippen molar-refractivity contribution in [2.24, 2.45) is 0 Å². The molecule has 1 amide bonds. The van der Waals surface area contributed by atoms with E-state index in [0.717, 1.165) is 5.56 Å². The van der Waals surface area contributed by atoms with Crippen molar-refractivity contribution in [1.82, 2.24) is 5.32 Å². The molecule has 0 fully saturated rings. The smallest absolute Gasteiger partial charge is 0.252 e. The lowest BCUT2D eigenvalue weighted by atomic mass is 10.1. The lowest BCUT2D eigenvalue weighted by Gasteiger charge is -2.12. The summed E-state index contributed by atoms with van der Waals surface area (Å²) in [6.07, 6.45) is 0. The maximum atomic E-state index is 12.2. The van der Waals surface area contributed by atoms with Crippen LogP contribution in [0.4, 0.5) is 5.69 Å². The monoisotopic (exact) mass is 368 g/mol. The Bertz CT molecular complexity index is 677. The molecule has 2 aromatic carbocycles. The van der Waals surface area contributed by atoms with Crippen molar-refractivity contribution < 1.29 is 9.53 Å². The molecule has 3 N–H and O–H groups in total. The first kappa shape index (κ1) is 15.7. The van der Waals surface area contributed by atoms with Crippen LogP contribution in [0.2, 0.25) is 5.02 Å². The Hall–Kier alpha value is -1.72. The number of nitrogens with two attached hydrogens (primary N) is 1. The van der Waals surface area contributed by atoms with Crippen LogP contribution in [-0.2, 0) is 6.54 Å². The first-order valence-corrected chi connectivity index (χ1v) is 7.34. The quantitative estimate of drug-likeness (QED) is 0.809. The van der Waals surface area contributed by atoms with Crippen LogP contribution in [0.25, 0.3) is 0 Å². The summed E-state index contributed by atoms with van der Waals surface area (Å²) in [5.74, 6) is 0.394. The van der Waals surface area contributed by atoms with Gasteiger partial charge in [0.2, 0.25) is 0 Å². The van der Waals surface area contributed by atoms with E-state index in [1.165, 1.54) is 0 Å². The SMILES string of the molecule is COc1cccc(Cl)c1CNC(=O)c1cc(N)ccc1Br. The van der Waals surface area contributed by atoms with Crippen LogP contribution in [0.15, 0.2) is 40.9 Å². The minimum Gasteiger partial charge on any atom is -0.496 e. The lowest BCUT2D eigenvalue weighted by Crippen LogP contribution is -2.23. The zero-order chi connectivity index (χ0) is 15.4. The first-order chi connectivity index (χ1) is 10.0. The van der Waals surface area contributed by atoms with Gasteiger partial charge in [0.1, 0.15) is 5.75 Å². The second-order valence-electron chi connectivity index (χ2n) is 4.34. The molecule has 0 aliphatic carbocycles. The maximum Gasteiger partial charge on any atom is 0.252 e. The standard InChI is InChI=1S/C15H14BrClN2O2/c1-21-14-4-2-3-13(17)11(14)8-19-15(20)10-7-9(18)5-6-12(10)16/h2-7H,8,18H2,1H3,(H,19,20). The molecule has 0 saturated heterocycles. The minimum atomic E-state index is -0.240. The summed E-state index contributed by atoms with van der Waals surface area (Å²) in [5.41, 5.74) is 7.43. The van der Waals surface area contributed by atoms with Crippen LogP contribution in [0.5, 0.6) is 5.75 Å². The Morgan fingerprint density at radius 1 is 1.38 bits per heavy atom. The minimum absolute atomic E-state index is 0.240. The Balaban J connectivity index is 2.17. The average Bonchev–Trinajstić information content (AvgIpc) is 2.47. The normalized spacial score (nSPS) is 10.2. The van der Waals surface area contributed by atoms with Gasteiger partial charge in [-0.05, 0) is 46.3 Å². The molecule has 6 heteroatoms. The van der Waals surface area contributed by atoms with Crippen molar-refractivity contribution in [3.63, 3.8) is 0 Å². The van der Waals surface area contributed by atoms with Crippen LogP contribution in [-0.4, -0.2) is 13.0 Å². The largest absolute Gasteiger partial charge is 0.496 e. The van der Waals surface area contributed by atoms with Gasteiger partial charge in [-0.2, -0.15) is 0 Å². The Morgan fingerprint density at radius 3 is 2.86 bits per heavy atom. The van der Waals surface area contributed by atoms with E-state index in [9.17, 15) is 4.79 Å². The highest BCUT2D eigenvalue weighted by molar-refractivity contribution is 9.10. The number of benzene rings is 2. The predicted octanol–water partition coefficient (Wildman–Crippen LogP) is 3.62. The van der Waals surface area contributed by atoms with E-state index in [0.29, 0.717) is 26.5 Å². The Kier molecular flexibility index (Phi) is 5.09. The lowest BCUT2D eigenvalue weighted by molar-refractivity contribution is 0.0950. The summed E-state index contributed by atoms with van der Waals surface area (Å²) in [6, 6.07) is 10.4. The van der Waals surface area contributed by atoms with Crippen LogP contribution < -0.4 is 15.8 Å². The van der Waals surface area contributed by atoms with E-state index >= 15 is 0 Å². The Labute approximate surface area is 136 Å². The van der Waals surface area contributed by atoms with E-state index in [1.807, 2.05) is 0 Å². The number of hydrogen-bond donors (Lipinski definition) is 2. The fourth-order valence-corrected chi connectivity index (χ4v) is 2.54. The summed E-state index contributed by atoms with van der Waals surface area (Å²) in [5, 5.41) is 3.35. The van der Waals surface area contributed by atoms with Gasteiger partial charge >= 0.3 is 0 Å². The number of hydrogen-bond acceptors (Lipinski definition) is 3. The van der Waals surface area contributed by atoms with Crippen molar-refractivity contribution in [2.75, 3.05) is 12.8 Å². The molecule has 21 heavy (non-hydrogen) atoms. The van der Waals surface area contributed by atoms with Gasteiger partial charge < -0.3 is 15.8 Å². The summed E-state index contributed by atoms with van der Waals surface area (Å²) in [7, 11) is 1.56. The maximum absolute atomic E-state index is 12.2. The molecule has 0 bridgehead atoms. The van der Waals surface area contributed by atoms with Gasteiger partial charge in [-0.15, -0.1) is 0 Å². The van der Waals surface area contributed by atoms with Crippen LogP contribution in [0, 0.1) is 0 Å². The molecular weight excluding hydrogens is 356 g/mol. The molecule has 0 radical (unpaired) electrons. The zero-order valence-corrected chi connectivity index (χ0v) is 13.7. The number of nitrogens with one attached hydrogen (secondary N) is 1. The number of nitrogen functional groups attached to an aromatic ring is 1. The van der Waals surface area contributed by atoms with Crippen LogP contribution >= 0.6 is 27.5 Å². The third kappa shape index (κ3) is 3.68. The summed E-state index contributed by atoms with van der Waals surface area (Å²) < 4.78 is 5.92. The molecule has 2 rings (SSSR count). The van der Waals surface area contributed by atoms with Gasteiger partial charge in [0.15, 0.2) is 0 Å². The number of amides is 1. The van der Waals surface area contributed by atoms with E-state index in [1.54, 1.807) is 43.5 Å². The second kappa shape index (κ2) is 6.83. The molecule has 0 aromatic heterocycles. The number of ether oxygens (including phenoxy) is 1. The number of anilines is 1. The molecule has 0 saturated carbocycles. The topological polar surface area (TPSA) is 64.3 Å². The number of rotatable bonds is 4. The van der Waals surface area contributed by atoms with E-state index in [-0.39, 0.29) is 12.5 Å². The highest BCUT2D eigenvalue weighted by Crippen LogP contribution is 2.26. The highest BCUT2D eigenvalue weighted by atomic mass is 79.9. The van der Waals surface area contributed by atoms with Gasteiger partial charge in [0, 0.05) is 27.3 Å². The van der Waals surface area contributed by atoms with Crippen molar-refractivity contribution >= 4 is 39.1 Å². The second-order valence-corrected chi connectivity index (χ2v) is 5.60. The van der Waals surface area contributed by atoms with Gasteiger partial charge in [0.05, 0.1) is 12.7 Å². The molecule has 2 aromatic rings.